The van der Waals surface area contributed by atoms with Crippen LogP contribution in [-0.2, 0) is 9.59 Å². The molecule has 25 heavy (non-hydrogen) atoms. The van der Waals surface area contributed by atoms with Gasteiger partial charge in [-0.1, -0.05) is 25.7 Å². The second-order valence-corrected chi connectivity index (χ2v) is 6.28. The number of amides is 2. The van der Waals surface area contributed by atoms with Gasteiger partial charge in [0.25, 0.3) is 5.91 Å². The molecule has 0 unspecified atom stereocenters. The minimum atomic E-state index is -0.638. The van der Waals surface area contributed by atoms with Gasteiger partial charge in [0.1, 0.15) is 11.6 Å². The van der Waals surface area contributed by atoms with Crippen LogP contribution in [0, 0.1) is 11.3 Å². The van der Waals surface area contributed by atoms with E-state index >= 15 is 0 Å². The minimum absolute atomic E-state index is 0.0868. The zero-order valence-corrected chi connectivity index (χ0v) is 14.5. The predicted octanol–water partition coefficient (Wildman–Crippen LogP) is 2.87. The molecule has 1 aliphatic carbocycles. The number of imide groups is 1. The fourth-order valence-electron chi connectivity index (χ4n) is 2.97. The number of nitrogen functional groups attached to an aromatic ring is 1. The van der Waals surface area contributed by atoms with Gasteiger partial charge < -0.3 is 11.1 Å². The Labute approximate surface area is 148 Å². The smallest absolute Gasteiger partial charge is 0.277 e. The van der Waals surface area contributed by atoms with Crippen molar-refractivity contribution in [1.82, 2.24) is 5.32 Å². The Kier molecular flexibility index (Phi) is 6.58. The number of nitrogens with two attached hydrogens (primary N) is 1. The second-order valence-electron chi connectivity index (χ2n) is 6.28. The number of carbonyl (C=O) groups is 2. The van der Waals surface area contributed by atoms with Crippen LogP contribution in [0.4, 0.5) is 11.4 Å². The van der Waals surface area contributed by atoms with Crippen molar-refractivity contribution in [3.8, 4) is 6.07 Å². The molecule has 0 heterocycles. The molecule has 0 aliphatic heterocycles. The number of carbonyl (C=O) groups excluding carboxylic acids is 2. The van der Waals surface area contributed by atoms with Crippen LogP contribution in [0.25, 0.3) is 0 Å². The van der Waals surface area contributed by atoms with E-state index in [1.54, 1.807) is 24.3 Å². The summed E-state index contributed by atoms with van der Waals surface area (Å²) in [4.78, 5) is 25.6. The summed E-state index contributed by atoms with van der Waals surface area (Å²) in [6.45, 7) is 1.29. The lowest BCUT2D eigenvalue weighted by Crippen LogP contribution is -2.37. The molecule has 6 nitrogen and oxygen atoms in total. The predicted molar refractivity (Wildman–Crippen MR) is 97.3 cm³/mol. The molecule has 0 saturated heterocycles. The van der Waals surface area contributed by atoms with Crippen LogP contribution < -0.4 is 16.0 Å². The zero-order chi connectivity index (χ0) is 18.2. The van der Waals surface area contributed by atoms with Crippen molar-refractivity contribution in [3.63, 3.8) is 0 Å². The Hall–Kier alpha value is -2.81. The van der Waals surface area contributed by atoms with Gasteiger partial charge in [0.05, 0.1) is 5.69 Å². The summed E-state index contributed by atoms with van der Waals surface area (Å²) in [6.07, 6.45) is 8.24. The Morgan fingerprint density at radius 2 is 1.80 bits per heavy atom. The monoisotopic (exact) mass is 340 g/mol. The highest BCUT2D eigenvalue weighted by Gasteiger charge is 2.24. The van der Waals surface area contributed by atoms with Gasteiger partial charge in [-0.2, -0.15) is 5.26 Å². The summed E-state index contributed by atoms with van der Waals surface area (Å²) >= 11 is 0. The first-order chi connectivity index (χ1) is 12.0. The number of nitrogens with zero attached hydrogens (tertiary/aromatic N) is 2. The highest BCUT2D eigenvalue weighted by Crippen LogP contribution is 2.20. The number of hydrogen-bond donors (Lipinski definition) is 2. The van der Waals surface area contributed by atoms with Crippen LogP contribution in [0.2, 0.25) is 0 Å². The van der Waals surface area contributed by atoms with Gasteiger partial charge in [-0.3, -0.25) is 9.59 Å². The molecule has 6 heteroatoms. The summed E-state index contributed by atoms with van der Waals surface area (Å²) in [5, 5.41) is 12.6. The summed E-state index contributed by atoms with van der Waals surface area (Å²) in [6, 6.07) is 8.56. The van der Waals surface area contributed by atoms with Crippen molar-refractivity contribution in [2.45, 2.75) is 51.5 Å². The van der Waals surface area contributed by atoms with E-state index in [1.165, 1.54) is 26.0 Å². The molecule has 1 aromatic rings. The third-order valence-corrected chi connectivity index (χ3v) is 4.34. The van der Waals surface area contributed by atoms with Crippen LogP contribution in [-0.4, -0.2) is 17.9 Å². The Balaban J connectivity index is 2.17. The van der Waals surface area contributed by atoms with Gasteiger partial charge >= 0.3 is 0 Å². The van der Waals surface area contributed by atoms with Crippen molar-refractivity contribution >= 4 is 23.2 Å². The Morgan fingerprint density at radius 1 is 1.20 bits per heavy atom. The van der Waals surface area contributed by atoms with E-state index in [2.05, 4.69) is 5.32 Å². The summed E-state index contributed by atoms with van der Waals surface area (Å²) < 4.78 is 0. The third kappa shape index (κ3) is 5.08. The molecule has 0 bridgehead atoms. The van der Waals surface area contributed by atoms with Crippen molar-refractivity contribution in [3.05, 3.63) is 36.0 Å². The van der Waals surface area contributed by atoms with Crippen molar-refractivity contribution in [2.75, 3.05) is 10.6 Å². The first-order valence-electron chi connectivity index (χ1n) is 8.60. The maximum atomic E-state index is 12.7. The molecule has 1 saturated carbocycles. The summed E-state index contributed by atoms with van der Waals surface area (Å²) in [5.41, 5.74) is 6.48. The van der Waals surface area contributed by atoms with Gasteiger partial charge in [-0.25, -0.2) is 4.90 Å². The fraction of sp³-hybridized carbons (Fsp3) is 0.421. The van der Waals surface area contributed by atoms with E-state index in [0.29, 0.717) is 11.4 Å². The summed E-state index contributed by atoms with van der Waals surface area (Å²) in [5.74, 6) is -1.09. The lowest BCUT2D eigenvalue weighted by molar-refractivity contribution is -0.123. The quantitative estimate of drug-likeness (QED) is 0.380. The largest absolute Gasteiger partial charge is 0.399 e. The van der Waals surface area contributed by atoms with Gasteiger partial charge in [-0.05, 0) is 37.1 Å². The zero-order valence-electron chi connectivity index (χ0n) is 14.5. The molecule has 0 spiro atoms. The van der Waals surface area contributed by atoms with Gasteiger partial charge in [0.2, 0.25) is 5.91 Å². The standard InChI is InChI=1S/C19H24N4O2/c1-14(24)23(18-10-8-16(21)9-11-18)19(25)15(12-20)13-22-17-6-4-2-3-5-7-17/h8-11,13,17,22H,2-7,21H2,1H3/b15-13-. The minimum Gasteiger partial charge on any atom is -0.399 e. The molecule has 1 aromatic carbocycles. The third-order valence-electron chi connectivity index (χ3n) is 4.34. The highest BCUT2D eigenvalue weighted by atomic mass is 16.2. The average molecular weight is 340 g/mol. The molecule has 2 amide bonds. The maximum absolute atomic E-state index is 12.7. The van der Waals surface area contributed by atoms with E-state index in [9.17, 15) is 14.9 Å². The molecule has 0 atom stereocenters. The first-order valence-corrected chi connectivity index (χ1v) is 8.60. The Bertz CT molecular complexity index is 680. The number of rotatable bonds is 4. The lowest BCUT2D eigenvalue weighted by atomic mass is 10.1. The van der Waals surface area contributed by atoms with E-state index in [0.717, 1.165) is 30.6 Å². The molecule has 1 fully saturated rings. The summed E-state index contributed by atoms with van der Waals surface area (Å²) in [7, 11) is 0. The highest BCUT2D eigenvalue weighted by molar-refractivity contribution is 6.21. The molecule has 0 aromatic heterocycles. The second kappa shape index (κ2) is 8.88. The van der Waals surface area contributed by atoms with Gasteiger partial charge in [0.15, 0.2) is 0 Å². The van der Waals surface area contributed by atoms with E-state index in [-0.39, 0.29) is 11.6 Å². The molecular weight excluding hydrogens is 316 g/mol. The van der Waals surface area contributed by atoms with E-state index < -0.39 is 11.8 Å². The fourth-order valence-corrected chi connectivity index (χ4v) is 2.97. The lowest BCUT2D eigenvalue weighted by Gasteiger charge is -2.20. The van der Waals surface area contributed by atoms with E-state index in [4.69, 9.17) is 5.73 Å². The van der Waals surface area contributed by atoms with E-state index in [1.807, 2.05) is 6.07 Å². The van der Waals surface area contributed by atoms with Crippen LogP contribution in [0.5, 0.6) is 0 Å². The van der Waals surface area contributed by atoms with Gasteiger partial charge in [-0.15, -0.1) is 0 Å². The van der Waals surface area contributed by atoms with Crippen LogP contribution >= 0.6 is 0 Å². The molecule has 3 N–H and O–H groups in total. The molecule has 2 rings (SSSR count). The number of anilines is 2. The van der Waals surface area contributed by atoms with Gasteiger partial charge in [0, 0.05) is 24.9 Å². The Morgan fingerprint density at radius 3 is 2.32 bits per heavy atom. The van der Waals surface area contributed by atoms with Crippen LogP contribution in [0.15, 0.2) is 36.0 Å². The molecule has 0 radical (unpaired) electrons. The van der Waals surface area contributed by atoms with Crippen molar-refractivity contribution in [1.29, 1.82) is 5.26 Å². The number of nitriles is 1. The first kappa shape index (κ1) is 18.5. The van der Waals surface area contributed by atoms with Crippen LogP contribution in [0.3, 0.4) is 0 Å². The SMILES string of the molecule is CC(=O)N(C(=O)/C(C#N)=C\NC1CCCCCC1)c1ccc(N)cc1. The molecule has 1 aliphatic rings. The number of benzene rings is 1. The van der Waals surface area contributed by atoms with Crippen LogP contribution in [0.1, 0.15) is 45.4 Å². The average Bonchev–Trinajstić information content (AvgIpc) is 2.86. The van der Waals surface area contributed by atoms with Crippen molar-refractivity contribution < 1.29 is 9.59 Å². The number of nitrogens with one attached hydrogen (secondary N) is 1. The molecular formula is C19H24N4O2. The normalized spacial score (nSPS) is 15.8. The van der Waals surface area contributed by atoms with Crippen molar-refractivity contribution in [2.24, 2.45) is 0 Å². The topological polar surface area (TPSA) is 99.2 Å². The number of hydrogen-bond acceptors (Lipinski definition) is 5. The molecule has 132 valence electrons. The maximum Gasteiger partial charge on any atom is 0.277 e.